The topological polar surface area (TPSA) is 38.0 Å². The maximum absolute atomic E-state index is 5.70. The van der Waals surface area contributed by atoms with Crippen molar-refractivity contribution in [3.05, 3.63) is 54.6 Å². The molecule has 0 aliphatic carbocycles. The van der Waals surface area contributed by atoms with Gasteiger partial charge < -0.3 is 0 Å². The lowest BCUT2D eigenvalue weighted by molar-refractivity contribution is 0.633. The standard InChI is InChI=1S/C12H12Br2N2S/c1-7-9(4-5-17-7)12(16-15)10-6-8(13)2-3-11(10)14/h2-6,12,16H,15H2,1H3. The third-order valence-electron chi connectivity index (χ3n) is 2.65. The summed E-state index contributed by atoms with van der Waals surface area (Å²) in [6.45, 7) is 2.11. The monoisotopic (exact) mass is 374 g/mol. The Labute approximate surface area is 121 Å². The summed E-state index contributed by atoms with van der Waals surface area (Å²) in [7, 11) is 0. The molecule has 0 amide bonds. The van der Waals surface area contributed by atoms with Gasteiger partial charge in [0.1, 0.15) is 0 Å². The molecule has 0 saturated heterocycles. The summed E-state index contributed by atoms with van der Waals surface area (Å²) >= 11 is 8.79. The number of nitrogens with one attached hydrogen (secondary N) is 1. The van der Waals surface area contributed by atoms with E-state index in [9.17, 15) is 0 Å². The number of hydrogen-bond acceptors (Lipinski definition) is 3. The lowest BCUT2D eigenvalue weighted by atomic mass is 10.0. The second kappa shape index (κ2) is 5.63. The van der Waals surface area contributed by atoms with E-state index in [-0.39, 0.29) is 6.04 Å². The number of nitrogens with two attached hydrogens (primary N) is 1. The first-order chi connectivity index (χ1) is 8.13. The van der Waals surface area contributed by atoms with Crippen LogP contribution in [0.25, 0.3) is 0 Å². The van der Waals surface area contributed by atoms with Gasteiger partial charge in [0.15, 0.2) is 0 Å². The van der Waals surface area contributed by atoms with Gasteiger partial charge in [0.25, 0.3) is 0 Å². The number of aryl methyl sites for hydroxylation is 1. The molecule has 1 aromatic heterocycles. The summed E-state index contributed by atoms with van der Waals surface area (Å²) in [4.78, 5) is 1.28. The number of hydrogen-bond donors (Lipinski definition) is 2. The molecule has 17 heavy (non-hydrogen) atoms. The number of benzene rings is 1. The molecule has 3 N–H and O–H groups in total. The average molecular weight is 376 g/mol. The van der Waals surface area contributed by atoms with E-state index in [0.717, 1.165) is 14.5 Å². The predicted molar refractivity (Wildman–Crippen MR) is 80.1 cm³/mol. The van der Waals surface area contributed by atoms with Crippen molar-refractivity contribution < 1.29 is 0 Å². The van der Waals surface area contributed by atoms with Crippen LogP contribution in [-0.4, -0.2) is 0 Å². The summed E-state index contributed by atoms with van der Waals surface area (Å²) in [6.07, 6.45) is 0. The molecule has 2 rings (SSSR count). The van der Waals surface area contributed by atoms with Gasteiger partial charge in [0.2, 0.25) is 0 Å². The van der Waals surface area contributed by atoms with Crippen molar-refractivity contribution in [3.8, 4) is 0 Å². The van der Waals surface area contributed by atoms with Crippen LogP contribution in [0.1, 0.15) is 22.0 Å². The Kier molecular flexibility index (Phi) is 4.38. The summed E-state index contributed by atoms with van der Waals surface area (Å²) in [6, 6.07) is 8.21. The van der Waals surface area contributed by atoms with Crippen LogP contribution in [0, 0.1) is 6.92 Å². The van der Waals surface area contributed by atoms with E-state index in [0.29, 0.717) is 0 Å². The molecule has 1 heterocycles. The number of rotatable bonds is 3. The van der Waals surface area contributed by atoms with Crippen LogP contribution >= 0.6 is 43.2 Å². The number of halogens is 2. The van der Waals surface area contributed by atoms with E-state index < -0.39 is 0 Å². The Morgan fingerprint density at radius 2 is 2.00 bits per heavy atom. The normalized spacial score (nSPS) is 12.7. The zero-order chi connectivity index (χ0) is 12.4. The molecular weight excluding hydrogens is 364 g/mol. The van der Waals surface area contributed by atoms with E-state index in [1.807, 2.05) is 12.1 Å². The highest BCUT2D eigenvalue weighted by Gasteiger charge is 2.18. The Bertz CT molecular complexity index is 525. The van der Waals surface area contributed by atoms with Crippen LogP contribution in [0.4, 0.5) is 0 Å². The Morgan fingerprint density at radius 1 is 1.24 bits per heavy atom. The Morgan fingerprint density at radius 3 is 2.59 bits per heavy atom. The first kappa shape index (κ1) is 13.2. The van der Waals surface area contributed by atoms with Crippen molar-refractivity contribution in [1.82, 2.24) is 5.43 Å². The smallest absolute Gasteiger partial charge is 0.0732 e. The minimum atomic E-state index is 0.00752. The van der Waals surface area contributed by atoms with E-state index >= 15 is 0 Å². The third-order valence-corrected chi connectivity index (χ3v) is 4.72. The molecule has 2 nitrogen and oxygen atoms in total. The molecule has 90 valence electrons. The highest BCUT2D eigenvalue weighted by molar-refractivity contribution is 9.11. The second-order valence-corrected chi connectivity index (χ2v) is 6.59. The predicted octanol–water partition coefficient (Wildman–Crippen LogP) is 4.13. The van der Waals surface area contributed by atoms with Crippen LogP contribution in [0.2, 0.25) is 0 Å². The van der Waals surface area contributed by atoms with Gasteiger partial charge in [-0.1, -0.05) is 31.9 Å². The lowest BCUT2D eigenvalue weighted by Gasteiger charge is -2.18. The molecule has 1 unspecified atom stereocenters. The van der Waals surface area contributed by atoms with E-state index in [4.69, 9.17) is 5.84 Å². The molecule has 0 bridgehead atoms. The van der Waals surface area contributed by atoms with Gasteiger partial charge in [-0.25, -0.2) is 5.43 Å². The largest absolute Gasteiger partial charge is 0.271 e. The molecular formula is C12H12Br2N2S. The average Bonchev–Trinajstić information content (AvgIpc) is 2.71. The van der Waals surface area contributed by atoms with Crippen molar-refractivity contribution in [3.63, 3.8) is 0 Å². The molecule has 2 aromatic rings. The highest BCUT2D eigenvalue weighted by Crippen LogP contribution is 2.33. The molecule has 0 aliphatic heterocycles. The summed E-state index contributed by atoms with van der Waals surface area (Å²) in [5.41, 5.74) is 5.23. The first-order valence-electron chi connectivity index (χ1n) is 5.08. The molecule has 0 spiro atoms. The van der Waals surface area contributed by atoms with Crippen LogP contribution in [-0.2, 0) is 0 Å². The number of hydrazine groups is 1. The van der Waals surface area contributed by atoms with Gasteiger partial charge in [-0.15, -0.1) is 11.3 Å². The Balaban J connectivity index is 2.49. The summed E-state index contributed by atoms with van der Waals surface area (Å²) in [5.74, 6) is 5.70. The van der Waals surface area contributed by atoms with E-state index in [2.05, 4.69) is 61.7 Å². The zero-order valence-electron chi connectivity index (χ0n) is 9.21. The molecule has 1 atom stereocenters. The van der Waals surface area contributed by atoms with Crippen molar-refractivity contribution in [2.24, 2.45) is 5.84 Å². The number of thiophene rings is 1. The van der Waals surface area contributed by atoms with Crippen LogP contribution < -0.4 is 11.3 Å². The van der Waals surface area contributed by atoms with Gasteiger partial charge in [-0.2, -0.15) is 0 Å². The molecule has 0 saturated carbocycles. The van der Waals surface area contributed by atoms with Crippen molar-refractivity contribution in [2.75, 3.05) is 0 Å². The quantitative estimate of drug-likeness (QED) is 0.625. The maximum atomic E-state index is 5.70. The zero-order valence-corrected chi connectivity index (χ0v) is 13.2. The Hall–Kier alpha value is -0.200. The maximum Gasteiger partial charge on any atom is 0.0732 e. The van der Waals surface area contributed by atoms with Crippen LogP contribution in [0.5, 0.6) is 0 Å². The van der Waals surface area contributed by atoms with Gasteiger partial charge in [0.05, 0.1) is 6.04 Å². The van der Waals surface area contributed by atoms with Crippen LogP contribution in [0.3, 0.4) is 0 Å². The van der Waals surface area contributed by atoms with Crippen molar-refractivity contribution >= 4 is 43.2 Å². The molecule has 5 heteroatoms. The highest BCUT2D eigenvalue weighted by atomic mass is 79.9. The molecule has 0 radical (unpaired) electrons. The molecule has 0 fully saturated rings. The van der Waals surface area contributed by atoms with Crippen molar-refractivity contribution in [1.29, 1.82) is 0 Å². The minimum absolute atomic E-state index is 0.00752. The van der Waals surface area contributed by atoms with Gasteiger partial charge in [-0.05, 0) is 47.7 Å². The van der Waals surface area contributed by atoms with Gasteiger partial charge >= 0.3 is 0 Å². The summed E-state index contributed by atoms with van der Waals surface area (Å²) < 4.78 is 2.10. The van der Waals surface area contributed by atoms with Crippen molar-refractivity contribution in [2.45, 2.75) is 13.0 Å². The third kappa shape index (κ3) is 2.80. The first-order valence-corrected chi connectivity index (χ1v) is 7.55. The second-order valence-electron chi connectivity index (χ2n) is 3.70. The minimum Gasteiger partial charge on any atom is -0.271 e. The SMILES string of the molecule is Cc1sccc1C(NN)c1cc(Br)ccc1Br. The summed E-state index contributed by atoms with van der Waals surface area (Å²) in [5, 5.41) is 2.08. The van der Waals surface area contributed by atoms with Gasteiger partial charge in [0, 0.05) is 13.8 Å². The van der Waals surface area contributed by atoms with Gasteiger partial charge in [-0.3, -0.25) is 5.84 Å². The fourth-order valence-electron chi connectivity index (χ4n) is 1.78. The lowest BCUT2D eigenvalue weighted by Crippen LogP contribution is -2.29. The van der Waals surface area contributed by atoms with E-state index in [1.54, 1.807) is 11.3 Å². The van der Waals surface area contributed by atoms with Crippen LogP contribution in [0.15, 0.2) is 38.6 Å². The molecule has 0 aliphatic rings. The molecule has 1 aromatic carbocycles. The fraction of sp³-hybridized carbons (Fsp3) is 0.167. The van der Waals surface area contributed by atoms with E-state index in [1.165, 1.54) is 10.4 Å². The fourth-order valence-corrected chi connectivity index (χ4v) is 3.37.